The fourth-order valence-electron chi connectivity index (χ4n) is 4.52. The minimum Gasteiger partial charge on any atom is -0.334 e. The summed E-state index contributed by atoms with van der Waals surface area (Å²) in [6, 6.07) is 11.2. The van der Waals surface area contributed by atoms with E-state index in [-0.39, 0.29) is 12.1 Å². The predicted octanol–water partition coefficient (Wildman–Crippen LogP) is 2.39. The number of hydrazine groups is 1. The molecule has 0 spiro atoms. The molecule has 118 valence electrons. The highest BCUT2D eigenvalue weighted by atomic mass is 16.2. The van der Waals surface area contributed by atoms with Gasteiger partial charge in [0.05, 0.1) is 6.04 Å². The number of hydrogen-bond acceptors (Lipinski definition) is 3. The molecular formula is C18H25N3O. The van der Waals surface area contributed by atoms with Crippen molar-refractivity contribution in [1.82, 2.24) is 15.8 Å². The SMILES string of the molecule is O=C(C1NNC2CCCCC21)N1CCCC1c1ccccc1. The minimum atomic E-state index is -0.0328. The highest BCUT2D eigenvalue weighted by Crippen LogP contribution is 2.36. The van der Waals surface area contributed by atoms with Crippen LogP contribution in [0.5, 0.6) is 0 Å². The van der Waals surface area contributed by atoms with Gasteiger partial charge in [-0.1, -0.05) is 43.2 Å². The molecule has 0 radical (unpaired) electrons. The standard InChI is InChI=1S/C18H25N3O/c22-18(17-14-9-4-5-10-15(14)19-20-17)21-12-6-11-16(21)13-7-2-1-3-8-13/h1-3,7-8,14-17,19-20H,4-6,9-12H2. The van der Waals surface area contributed by atoms with Gasteiger partial charge in [0.15, 0.2) is 0 Å². The van der Waals surface area contributed by atoms with Crippen molar-refractivity contribution in [2.24, 2.45) is 5.92 Å². The molecular weight excluding hydrogens is 274 g/mol. The lowest BCUT2D eigenvalue weighted by molar-refractivity contribution is -0.135. The van der Waals surface area contributed by atoms with Crippen LogP contribution in [-0.4, -0.2) is 29.4 Å². The number of hydrogen-bond donors (Lipinski definition) is 2. The third kappa shape index (κ3) is 2.44. The maximum absolute atomic E-state index is 13.1. The molecule has 4 unspecified atom stereocenters. The quantitative estimate of drug-likeness (QED) is 0.881. The lowest BCUT2D eigenvalue weighted by Gasteiger charge is -2.31. The van der Waals surface area contributed by atoms with E-state index in [9.17, 15) is 4.79 Å². The van der Waals surface area contributed by atoms with E-state index < -0.39 is 0 Å². The molecule has 1 aliphatic carbocycles. The van der Waals surface area contributed by atoms with Crippen LogP contribution in [-0.2, 0) is 4.79 Å². The molecule has 2 N–H and O–H groups in total. The zero-order chi connectivity index (χ0) is 14.9. The van der Waals surface area contributed by atoms with Crippen molar-refractivity contribution in [3.05, 3.63) is 35.9 Å². The zero-order valence-corrected chi connectivity index (χ0v) is 13.0. The van der Waals surface area contributed by atoms with Crippen molar-refractivity contribution < 1.29 is 4.79 Å². The Hall–Kier alpha value is -1.39. The number of amides is 1. The molecule has 1 aromatic rings. The Bertz CT molecular complexity index is 532. The Morgan fingerprint density at radius 3 is 2.68 bits per heavy atom. The van der Waals surface area contributed by atoms with Crippen molar-refractivity contribution in [3.63, 3.8) is 0 Å². The highest BCUT2D eigenvalue weighted by molar-refractivity contribution is 5.83. The van der Waals surface area contributed by atoms with E-state index in [1.54, 1.807) is 0 Å². The summed E-state index contributed by atoms with van der Waals surface area (Å²) in [4.78, 5) is 15.2. The summed E-state index contributed by atoms with van der Waals surface area (Å²) in [6.45, 7) is 0.897. The van der Waals surface area contributed by atoms with Crippen molar-refractivity contribution >= 4 is 5.91 Å². The lowest BCUT2D eigenvalue weighted by Crippen LogP contribution is -2.47. The van der Waals surface area contributed by atoms with Gasteiger partial charge in [0.1, 0.15) is 6.04 Å². The first-order chi connectivity index (χ1) is 10.8. The van der Waals surface area contributed by atoms with Gasteiger partial charge in [0.25, 0.3) is 0 Å². The van der Waals surface area contributed by atoms with Gasteiger partial charge < -0.3 is 4.90 Å². The molecule has 1 saturated carbocycles. The number of rotatable bonds is 2. The molecule has 2 heterocycles. The Kier molecular flexibility index (Phi) is 3.89. The van der Waals surface area contributed by atoms with Crippen molar-refractivity contribution in [2.45, 2.75) is 56.7 Å². The monoisotopic (exact) mass is 299 g/mol. The average Bonchev–Trinajstić information content (AvgIpc) is 3.22. The van der Waals surface area contributed by atoms with Crippen LogP contribution in [0.2, 0.25) is 0 Å². The summed E-state index contributed by atoms with van der Waals surface area (Å²) in [7, 11) is 0. The highest BCUT2D eigenvalue weighted by Gasteiger charge is 2.44. The molecule has 4 heteroatoms. The third-order valence-electron chi connectivity index (χ3n) is 5.66. The van der Waals surface area contributed by atoms with Gasteiger partial charge in [0.2, 0.25) is 5.91 Å². The van der Waals surface area contributed by atoms with Crippen LogP contribution >= 0.6 is 0 Å². The smallest absolute Gasteiger partial charge is 0.241 e. The second-order valence-corrected chi connectivity index (χ2v) is 6.92. The number of carbonyl (C=O) groups excluding carboxylic acids is 1. The molecule has 4 rings (SSSR count). The number of likely N-dealkylation sites (tertiary alicyclic amines) is 1. The maximum atomic E-state index is 13.1. The number of benzene rings is 1. The zero-order valence-electron chi connectivity index (χ0n) is 13.0. The van der Waals surface area contributed by atoms with Crippen LogP contribution in [0.1, 0.15) is 50.1 Å². The Balaban J connectivity index is 1.52. The molecule has 1 aromatic carbocycles. The van der Waals surface area contributed by atoms with Crippen LogP contribution in [0, 0.1) is 5.92 Å². The summed E-state index contributed by atoms with van der Waals surface area (Å²) in [5.41, 5.74) is 7.95. The topological polar surface area (TPSA) is 44.4 Å². The second-order valence-electron chi connectivity index (χ2n) is 6.92. The molecule has 2 saturated heterocycles. The number of nitrogens with one attached hydrogen (secondary N) is 2. The van der Waals surface area contributed by atoms with Crippen LogP contribution in [0.4, 0.5) is 0 Å². The molecule has 4 nitrogen and oxygen atoms in total. The lowest BCUT2D eigenvalue weighted by atomic mass is 9.81. The Morgan fingerprint density at radius 1 is 1.00 bits per heavy atom. The fourth-order valence-corrected chi connectivity index (χ4v) is 4.52. The first kappa shape index (κ1) is 14.2. The number of carbonyl (C=O) groups is 1. The molecule has 22 heavy (non-hydrogen) atoms. The molecule has 3 fully saturated rings. The number of fused-ring (bicyclic) bond motifs is 1. The molecule has 3 aliphatic rings. The van der Waals surface area contributed by atoms with Gasteiger partial charge in [-0.2, -0.15) is 0 Å². The molecule has 4 atom stereocenters. The summed E-state index contributed by atoms with van der Waals surface area (Å²) >= 11 is 0. The minimum absolute atomic E-state index is 0.0328. The van der Waals surface area contributed by atoms with E-state index >= 15 is 0 Å². The maximum Gasteiger partial charge on any atom is 0.241 e. The van der Waals surface area contributed by atoms with Gasteiger partial charge in [-0.15, -0.1) is 0 Å². The normalized spacial score (nSPS) is 34.6. The van der Waals surface area contributed by atoms with Gasteiger partial charge >= 0.3 is 0 Å². The second kappa shape index (κ2) is 6.01. The first-order valence-electron chi connectivity index (χ1n) is 8.71. The van der Waals surface area contributed by atoms with E-state index in [0.717, 1.165) is 19.4 Å². The van der Waals surface area contributed by atoms with Crippen LogP contribution in [0.25, 0.3) is 0 Å². The van der Waals surface area contributed by atoms with E-state index in [4.69, 9.17) is 0 Å². The fraction of sp³-hybridized carbons (Fsp3) is 0.611. The number of nitrogens with zero attached hydrogens (tertiary/aromatic N) is 1. The van der Waals surface area contributed by atoms with Gasteiger partial charge in [0, 0.05) is 18.5 Å². The van der Waals surface area contributed by atoms with Crippen molar-refractivity contribution in [1.29, 1.82) is 0 Å². The van der Waals surface area contributed by atoms with Crippen LogP contribution in [0.3, 0.4) is 0 Å². The molecule has 2 aliphatic heterocycles. The van der Waals surface area contributed by atoms with Crippen molar-refractivity contribution in [3.8, 4) is 0 Å². The van der Waals surface area contributed by atoms with Gasteiger partial charge in [-0.3, -0.25) is 10.2 Å². The average molecular weight is 299 g/mol. The van der Waals surface area contributed by atoms with Crippen LogP contribution < -0.4 is 10.9 Å². The van der Waals surface area contributed by atoms with E-state index in [2.05, 4.69) is 40.0 Å². The predicted molar refractivity (Wildman–Crippen MR) is 85.9 cm³/mol. The van der Waals surface area contributed by atoms with Crippen LogP contribution in [0.15, 0.2) is 30.3 Å². The van der Waals surface area contributed by atoms with E-state index in [1.165, 1.54) is 31.2 Å². The Labute approximate surface area is 132 Å². The third-order valence-corrected chi connectivity index (χ3v) is 5.66. The van der Waals surface area contributed by atoms with Crippen molar-refractivity contribution in [2.75, 3.05) is 6.54 Å². The summed E-state index contributed by atoms with van der Waals surface area (Å²) in [6.07, 6.45) is 7.11. The molecule has 1 amide bonds. The summed E-state index contributed by atoms with van der Waals surface area (Å²) in [5.74, 6) is 0.770. The van der Waals surface area contributed by atoms with E-state index in [0.29, 0.717) is 17.9 Å². The van der Waals surface area contributed by atoms with Gasteiger partial charge in [-0.05, 0) is 31.2 Å². The summed E-state index contributed by atoms with van der Waals surface area (Å²) in [5, 5.41) is 0. The van der Waals surface area contributed by atoms with Gasteiger partial charge in [-0.25, -0.2) is 5.43 Å². The first-order valence-corrected chi connectivity index (χ1v) is 8.71. The molecule has 0 bridgehead atoms. The Morgan fingerprint density at radius 2 is 1.82 bits per heavy atom. The largest absolute Gasteiger partial charge is 0.334 e. The summed E-state index contributed by atoms with van der Waals surface area (Å²) < 4.78 is 0. The van der Waals surface area contributed by atoms with E-state index in [1.807, 2.05) is 6.07 Å². The molecule has 0 aromatic heterocycles.